The average molecular weight is 354 g/mol. The molecule has 0 saturated carbocycles. The zero-order chi connectivity index (χ0) is 18.8. The molecule has 2 aromatic carbocycles. The lowest BCUT2D eigenvalue weighted by atomic mass is 9.97. The van der Waals surface area contributed by atoms with Gasteiger partial charge in [-0.05, 0) is 43.2 Å². The minimum atomic E-state index is -0.563. The molecule has 6 nitrogen and oxygen atoms in total. The molecular weight excluding hydrogens is 335 g/mol. The number of rotatable bonds is 4. The number of nitrogens with two attached hydrogens (primary N) is 1. The van der Waals surface area contributed by atoms with Crippen LogP contribution in [0.15, 0.2) is 36.4 Å². The van der Waals surface area contributed by atoms with Gasteiger partial charge in [-0.25, -0.2) is 4.39 Å². The second kappa shape index (κ2) is 6.95. The molecule has 2 amide bonds. The van der Waals surface area contributed by atoms with Crippen LogP contribution >= 0.6 is 0 Å². The van der Waals surface area contributed by atoms with Crippen molar-refractivity contribution in [2.75, 3.05) is 11.1 Å². The highest BCUT2D eigenvalue weighted by Crippen LogP contribution is 2.26. The SMILES string of the molecule is Cc1cc(NC(=O)C2CCC(=O)N2)cc(C(=N)c2cccc(F)c2)c1N. The van der Waals surface area contributed by atoms with E-state index in [2.05, 4.69) is 10.6 Å². The highest BCUT2D eigenvalue weighted by Gasteiger charge is 2.27. The fourth-order valence-electron chi connectivity index (χ4n) is 2.92. The van der Waals surface area contributed by atoms with Crippen molar-refractivity contribution in [2.45, 2.75) is 25.8 Å². The molecule has 1 fully saturated rings. The maximum absolute atomic E-state index is 13.5. The molecule has 1 heterocycles. The largest absolute Gasteiger partial charge is 0.398 e. The summed E-state index contributed by atoms with van der Waals surface area (Å²) >= 11 is 0. The van der Waals surface area contributed by atoms with E-state index in [4.69, 9.17) is 11.1 Å². The molecule has 1 aliphatic heterocycles. The molecule has 2 aromatic rings. The zero-order valence-electron chi connectivity index (χ0n) is 14.2. The molecular formula is C19H19FN4O2. The van der Waals surface area contributed by atoms with E-state index in [0.717, 1.165) is 0 Å². The predicted molar refractivity (Wildman–Crippen MR) is 97.7 cm³/mol. The van der Waals surface area contributed by atoms with Gasteiger partial charge in [0.15, 0.2) is 0 Å². The molecule has 134 valence electrons. The molecule has 7 heteroatoms. The molecule has 0 aliphatic carbocycles. The first-order valence-corrected chi connectivity index (χ1v) is 8.20. The minimum absolute atomic E-state index is 0.0652. The van der Waals surface area contributed by atoms with E-state index in [0.29, 0.717) is 40.9 Å². The Kier molecular flexibility index (Phi) is 4.71. The number of carbonyl (C=O) groups is 2. The number of carbonyl (C=O) groups excluding carboxylic acids is 2. The Morgan fingerprint density at radius 3 is 2.77 bits per heavy atom. The number of nitrogens with one attached hydrogen (secondary N) is 3. The fraction of sp³-hybridized carbons (Fsp3) is 0.211. The van der Waals surface area contributed by atoms with Crippen molar-refractivity contribution < 1.29 is 14.0 Å². The average Bonchev–Trinajstić information content (AvgIpc) is 3.04. The molecule has 0 radical (unpaired) electrons. The molecule has 3 rings (SSSR count). The van der Waals surface area contributed by atoms with Crippen molar-refractivity contribution in [3.8, 4) is 0 Å². The third-order valence-corrected chi connectivity index (χ3v) is 4.35. The van der Waals surface area contributed by atoms with E-state index >= 15 is 0 Å². The van der Waals surface area contributed by atoms with Gasteiger partial charge in [-0.1, -0.05) is 12.1 Å². The van der Waals surface area contributed by atoms with E-state index in [1.165, 1.54) is 18.2 Å². The maximum Gasteiger partial charge on any atom is 0.246 e. The molecule has 1 saturated heterocycles. The molecule has 5 N–H and O–H groups in total. The van der Waals surface area contributed by atoms with Gasteiger partial charge < -0.3 is 16.4 Å². The number of benzene rings is 2. The maximum atomic E-state index is 13.5. The van der Waals surface area contributed by atoms with Crippen LogP contribution in [0.2, 0.25) is 0 Å². The lowest BCUT2D eigenvalue weighted by Gasteiger charge is -2.16. The Hall–Kier alpha value is -3.22. The lowest BCUT2D eigenvalue weighted by molar-refractivity contribution is -0.122. The van der Waals surface area contributed by atoms with Gasteiger partial charge in [0.2, 0.25) is 11.8 Å². The lowest BCUT2D eigenvalue weighted by Crippen LogP contribution is -2.37. The van der Waals surface area contributed by atoms with Crippen LogP contribution in [-0.4, -0.2) is 23.6 Å². The summed E-state index contributed by atoms with van der Waals surface area (Å²) < 4.78 is 13.5. The topological polar surface area (TPSA) is 108 Å². The summed E-state index contributed by atoms with van der Waals surface area (Å²) in [5.41, 5.74) is 8.51. The predicted octanol–water partition coefficient (Wildman–Crippen LogP) is 2.35. The van der Waals surface area contributed by atoms with Gasteiger partial charge in [0, 0.05) is 28.9 Å². The Bertz CT molecular complexity index is 910. The van der Waals surface area contributed by atoms with Crippen molar-refractivity contribution in [3.05, 3.63) is 58.9 Å². The molecule has 0 aromatic heterocycles. The van der Waals surface area contributed by atoms with Crippen LogP contribution in [0.4, 0.5) is 15.8 Å². The standard InChI is InChI=1S/C19H19FN4O2/c1-10-7-13(23-19(26)15-5-6-16(25)24-15)9-14(17(10)21)18(22)11-3-2-4-12(20)8-11/h2-4,7-9,15,22H,5-6,21H2,1H3,(H,23,26)(H,24,25). The zero-order valence-corrected chi connectivity index (χ0v) is 14.2. The Balaban J connectivity index is 1.88. The first kappa shape index (κ1) is 17.6. The van der Waals surface area contributed by atoms with Crippen molar-refractivity contribution >= 4 is 28.9 Å². The number of halogens is 1. The van der Waals surface area contributed by atoms with Gasteiger partial charge in [0.25, 0.3) is 0 Å². The van der Waals surface area contributed by atoms with Gasteiger partial charge in [0.05, 0.1) is 5.71 Å². The molecule has 1 aliphatic rings. The Labute approximate surface area is 150 Å². The quantitative estimate of drug-likeness (QED) is 0.500. The third kappa shape index (κ3) is 3.56. The summed E-state index contributed by atoms with van der Waals surface area (Å²) in [5.74, 6) is -0.903. The van der Waals surface area contributed by atoms with Gasteiger partial charge in [-0.15, -0.1) is 0 Å². The van der Waals surface area contributed by atoms with Crippen LogP contribution in [-0.2, 0) is 9.59 Å². The number of hydrogen-bond donors (Lipinski definition) is 4. The van der Waals surface area contributed by atoms with Crippen LogP contribution < -0.4 is 16.4 Å². The van der Waals surface area contributed by atoms with Crippen LogP contribution in [0.5, 0.6) is 0 Å². The van der Waals surface area contributed by atoms with E-state index in [-0.39, 0.29) is 17.5 Å². The summed E-state index contributed by atoms with van der Waals surface area (Å²) in [6, 6.07) is 8.44. The summed E-state index contributed by atoms with van der Waals surface area (Å²) in [5, 5.41) is 13.7. The Morgan fingerprint density at radius 2 is 2.12 bits per heavy atom. The number of nitrogen functional groups attached to an aromatic ring is 1. The second-order valence-corrected chi connectivity index (χ2v) is 6.29. The highest BCUT2D eigenvalue weighted by molar-refractivity contribution is 6.15. The monoisotopic (exact) mass is 354 g/mol. The van der Waals surface area contributed by atoms with Crippen molar-refractivity contribution in [3.63, 3.8) is 0 Å². The second-order valence-electron chi connectivity index (χ2n) is 6.29. The van der Waals surface area contributed by atoms with Crippen LogP contribution in [0.3, 0.4) is 0 Å². The number of amides is 2. The number of anilines is 2. The van der Waals surface area contributed by atoms with Crippen LogP contribution in [0.25, 0.3) is 0 Å². The van der Waals surface area contributed by atoms with Crippen LogP contribution in [0, 0.1) is 18.2 Å². The van der Waals surface area contributed by atoms with Crippen molar-refractivity contribution in [1.29, 1.82) is 5.41 Å². The number of aryl methyl sites for hydroxylation is 1. The summed E-state index contributed by atoms with van der Waals surface area (Å²) in [7, 11) is 0. The van der Waals surface area contributed by atoms with Gasteiger partial charge in [-0.3, -0.25) is 15.0 Å². The molecule has 1 unspecified atom stereocenters. The van der Waals surface area contributed by atoms with Crippen LogP contribution in [0.1, 0.15) is 29.5 Å². The fourth-order valence-corrected chi connectivity index (χ4v) is 2.92. The van der Waals surface area contributed by atoms with E-state index in [9.17, 15) is 14.0 Å². The molecule has 0 spiro atoms. The molecule has 1 atom stereocenters. The Morgan fingerprint density at radius 1 is 1.35 bits per heavy atom. The van der Waals surface area contributed by atoms with Crippen molar-refractivity contribution in [2.24, 2.45) is 0 Å². The summed E-state index contributed by atoms with van der Waals surface area (Å²) in [6.45, 7) is 1.77. The van der Waals surface area contributed by atoms with Gasteiger partial charge in [0.1, 0.15) is 11.9 Å². The normalized spacial score (nSPS) is 16.2. The molecule has 26 heavy (non-hydrogen) atoms. The number of hydrogen-bond acceptors (Lipinski definition) is 4. The van der Waals surface area contributed by atoms with Crippen molar-refractivity contribution in [1.82, 2.24) is 5.32 Å². The summed E-state index contributed by atoms with van der Waals surface area (Å²) in [6.07, 6.45) is 0.777. The van der Waals surface area contributed by atoms with Gasteiger partial charge in [-0.2, -0.15) is 0 Å². The first-order valence-electron chi connectivity index (χ1n) is 8.20. The molecule has 0 bridgehead atoms. The highest BCUT2D eigenvalue weighted by atomic mass is 19.1. The van der Waals surface area contributed by atoms with E-state index in [1.807, 2.05) is 0 Å². The van der Waals surface area contributed by atoms with Gasteiger partial charge >= 0.3 is 0 Å². The third-order valence-electron chi connectivity index (χ3n) is 4.35. The van der Waals surface area contributed by atoms with E-state index in [1.54, 1.807) is 25.1 Å². The van der Waals surface area contributed by atoms with E-state index < -0.39 is 11.9 Å². The summed E-state index contributed by atoms with van der Waals surface area (Å²) in [4.78, 5) is 23.6. The smallest absolute Gasteiger partial charge is 0.246 e. The first-order chi connectivity index (χ1) is 12.3. The minimum Gasteiger partial charge on any atom is -0.398 e.